The molecule has 116 valence electrons. The van der Waals surface area contributed by atoms with Crippen LogP contribution in [0.4, 0.5) is 0 Å². The third-order valence-corrected chi connectivity index (χ3v) is 3.92. The molecule has 1 saturated heterocycles. The van der Waals surface area contributed by atoms with Crippen molar-refractivity contribution in [2.75, 3.05) is 6.54 Å². The van der Waals surface area contributed by atoms with Crippen molar-refractivity contribution in [1.29, 1.82) is 0 Å². The van der Waals surface area contributed by atoms with Crippen molar-refractivity contribution in [3.8, 4) is 5.69 Å². The summed E-state index contributed by atoms with van der Waals surface area (Å²) in [6.45, 7) is 2.42. The number of carbonyl (C=O) groups excluding carboxylic acids is 1. The number of benzene rings is 1. The number of hydrogen-bond acceptors (Lipinski definition) is 4. The normalized spacial score (nSPS) is 22.5. The smallest absolute Gasteiger partial charge is 0.237 e. The Labute approximate surface area is 129 Å². The second kappa shape index (κ2) is 6.29. The number of aliphatic hydroxyl groups is 1. The van der Waals surface area contributed by atoms with Gasteiger partial charge in [-0.1, -0.05) is 12.1 Å². The van der Waals surface area contributed by atoms with E-state index < -0.39 is 6.10 Å². The molecule has 0 saturated carbocycles. The van der Waals surface area contributed by atoms with Crippen molar-refractivity contribution in [3.63, 3.8) is 0 Å². The van der Waals surface area contributed by atoms with Crippen molar-refractivity contribution >= 4 is 5.91 Å². The van der Waals surface area contributed by atoms with Crippen molar-refractivity contribution in [3.05, 3.63) is 48.3 Å². The van der Waals surface area contributed by atoms with Gasteiger partial charge in [-0.25, -0.2) is 4.68 Å². The number of aromatic nitrogens is 2. The largest absolute Gasteiger partial charge is 0.392 e. The first kappa shape index (κ1) is 14.7. The third-order valence-electron chi connectivity index (χ3n) is 3.92. The summed E-state index contributed by atoms with van der Waals surface area (Å²) in [7, 11) is 0. The van der Waals surface area contributed by atoms with E-state index in [0.717, 1.165) is 11.3 Å². The molecule has 1 fully saturated rings. The average molecular weight is 300 g/mol. The van der Waals surface area contributed by atoms with Gasteiger partial charge in [0.25, 0.3) is 0 Å². The van der Waals surface area contributed by atoms with Crippen LogP contribution in [-0.4, -0.2) is 39.5 Å². The molecule has 3 rings (SSSR count). The van der Waals surface area contributed by atoms with Gasteiger partial charge in [0.05, 0.1) is 23.9 Å². The van der Waals surface area contributed by atoms with Gasteiger partial charge in [0.2, 0.25) is 5.91 Å². The summed E-state index contributed by atoms with van der Waals surface area (Å²) in [5.74, 6) is -0.0754. The van der Waals surface area contributed by atoms with Gasteiger partial charge in [-0.05, 0) is 37.1 Å². The summed E-state index contributed by atoms with van der Waals surface area (Å²) in [6, 6.07) is 9.36. The van der Waals surface area contributed by atoms with Gasteiger partial charge in [-0.3, -0.25) is 4.79 Å². The molecular formula is C16H20N4O2. The summed E-state index contributed by atoms with van der Waals surface area (Å²) in [5, 5.41) is 19.7. The highest BCUT2D eigenvalue weighted by molar-refractivity contribution is 5.82. The number of nitrogens with one attached hydrogen (secondary N) is 2. The minimum absolute atomic E-state index is 0.0754. The zero-order valence-corrected chi connectivity index (χ0v) is 12.4. The number of amides is 1. The zero-order valence-electron chi connectivity index (χ0n) is 12.4. The molecule has 1 aliphatic rings. The molecule has 3 unspecified atom stereocenters. The van der Waals surface area contributed by atoms with Crippen LogP contribution in [0.1, 0.15) is 24.9 Å². The second-order valence-electron chi connectivity index (χ2n) is 5.63. The van der Waals surface area contributed by atoms with E-state index in [2.05, 4.69) is 15.7 Å². The zero-order chi connectivity index (χ0) is 15.5. The molecule has 1 aliphatic heterocycles. The van der Waals surface area contributed by atoms with Gasteiger partial charge in [-0.2, -0.15) is 5.10 Å². The second-order valence-corrected chi connectivity index (χ2v) is 5.63. The first-order chi connectivity index (χ1) is 10.6. The Morgan fingerprint density at radius 2 is 2.36 bits per heavy atom. The number of carbonyl (C=O) groups is 1. The number of rotatable bonds is 4. The fourth-order valence-corrected chi connectivity index (χ4v) is 2.67. The molecule has 3 atom stereocenters. The SMILES string of the molecule is CC(NC(=O)C1CC(O)CN1)c1cccc(-n2cccn2)c1. The monoisotopic (exact) mass is 300 g/mol. The number of nitrogens with zero attached hydrogens (tertiary/aromatic N) is 2. The molecule has 22 heavy (non-hydrogen) atoms. The Kier molecular flexibility index (Phi) is 4.22. The van der Waals surface area contributed by atoms with Gasteiger partial charge in [0.1, 0.15) is 0 Å². The fraction of sp³-hybridized carbons (Fsp3) is 0.375. The highest BCUT2D eigenvalue weighted by Gasteiger charge is 2.28. The molecule has 6 nitrogen and oxygen atoms in total. The van der Waals surface area contributed by atoms with Crippen LogP contribution in [0.25, 0.3) is 5.69 Å². The minimum atomic E-state index is -0.436. The molecule has 0 radical (unpaired) electrons. The quantitative estimate of drug-likeness (QED) is 0.779. The third kappa shape index (κ3) is 3.18. The molecule has 1 aromatic carbocycles. The first-order valence-corrected chi connectivity index (χ1v) is 7.45. The Morgan fingerprint density at radius 1 is 1.50 bits per heavy atom. The summed E-state index contributed by atoms with van der Waals surface area (Å²) >= 11 is 0. The Morgan fingerprint density at radius 3 is 3.05 bits per heavy atom. The highest BCUT2D eigenvalue weighted by atomic mass is 16.3. The fourth-order valence-electron chi connectivity index (χ4n) is 2.67. The summed E-state index contributed by atoms with van der Waals surface area (Å²) in [6.07, 6.45) is 3.64. The Hall–Kier alpha value is -2.18. The predicted octanol–water partition coefficient (Wildman–Crippen LogP) is 0.772. The number of aliphatic hydroxyl groups excluding tert-OH is 1. The molecule has 3 N–H and O–H groups in total. The van der Waals surface area contributed by atoms with E-state index in [0.29, 0.717) is 13.0 Å². The predicted molar refractivity (Wildman–Crippen MR) is 82.5 cm³/mol. The van der Waals surface area contributed by atoms with Gasteiger partial charge >= 0.3 is 0 Å². The maximum Gasteiger partial charge on any atom is 0.237 e. The van der Waals surface area contributed by atoms with Crippen LogP contribution in [-0.2, 0) is 4.79 Å². The van der Waals surface area contributed by atoms with Crippen LogP contribution in [0.5, 0.6) is 0 Å². The van der Waals surface area contributed by atoms with E-state index in [4.69, 9.17) is 0 Å². The average Bonchev–Trinajstić information content (AvgIpc) is 3.18. The summed E-state index contributed by atoms with van der Waals surface area (Å²) < 4.78 is 1.78. The number of hydrogen-bond donors (Lipinski definition) is 3. The first-order valence-electron chi connectivity index (χ1n) is 7.45. The van der Waals surface area contributed by atoms with Crippen LogP contribution < -0.4 is 10.6 Å². The lowest BCUT2D eigenvalue weighted by Crippen LogP contribution is -2.41. The molecule has 1 aromatic heterocycles. The molecule has 0 bridgehead atoms. The standard InChI is InChI=1S/C16H20N4O2/c1-11(19-16(22)15-9-14(21)10-17-15)12-4-2-5-13(8-12)20-7-3-6-18-20/h2-8,11,14-15,17,21H,9-10H2,1H3,(H,19,22). The van der Waals surface area contributed by atoms with Crippen LogP contribution >= 0.6 is 0 Å². The maximum atomic E-state index is 12.2. The van der Waals surface area contributed by atoms with Crippen molar-refractivity contribution in [2.45, 2.75) is 31.5 Å². The van der Waals surface area contributed by atoms with E-state index in [1.165, 1.54) is 0 Å². The highest BCUT2D eigenvalue weighted by Crippen LogP contribution is 2.17. The lowest BCUT2D eigenvalue weighted by atomic mass is 10.1. The number of β-amino-alcohol motifs (C(OH)–C–C–N with tert-alkyl or cyclic N) is 1. The molecule has 2 aromatic rings. The molecule has 6 heteroatoms. The van der Waals surface area contributed by atoms with Gasteiger partial charge in [0.15, 0.2) is 0 Å². The van der Waals surface area contributed by atoms with E-state index in [1.54, 1.807) is 10.9 Å². The lowest BCUT2D eigenvalue weighted by Gasteiger charge is -2.18. The molecule has 2 heterocycles. The summed E-state index contributed by atoms with van der Waals surface area (Å²) in [5.41, 5.74) is 1.97. The van der Waals surface area contributed by atoms with E-state index in [-0.39, 0.29) is 18.0 Å². The lowest BCUT2D eigenvalue weighted by molar-refractivity contribution is -0.123. The van der Waals surface area contributed by atoms with E-state index in [9.17, 15) is 9.90 Å². The van der Waals surface area contributed by atoms with Crippen LogP contribution in [0, 0.1) is 0 Å². The molecule has 0 aliphatic carbocycles. The van der Waals surface area contributed by atoms with Gasteiger partial charge in [-0.15, -0.1) is 0 Å². The van der Waals surface area contributed by atoms with Gasteiger partial charge in [0, 0.05) is 18.9 Å². The summed E-state index contributed by atoms with van der Waals surface area (Å²) in [4.78, 5) is 12.2. The van der Waals surface area contributed by atoms with E-state index >= 15 is 0 Å². The van der Waals surface area contributed by atoms with Gasteiger partial charge < -0.3 is 15.7 Å². The Bertz CT molecular complexity index is 641. The van der Waals surface area contributed by atoms with Crippen LogP contribution in [0.3, 0.4) is 0 Å². The molecule has 1 amide bonds. The molecule has 0 spiro atoms. The van der Waals surface area contributed by atoms with Crippen molar-refractivity contribution in [1.82, 2.24) is 20.4 Å². The minimum Gasteiger partial charge on any atom is -0.392 e. The maximum absolute atomic E-state index is 12.2. The Balaban J connectivity index is 1.68. The van der Waals surface area contributed by atoms with E-state index in [1.807, 2.05) is 43.5 Å². The topological polar surface area (TPSA) is 79.2 Å². The van der Waals surface area contributed by atoms with Crippen LogP contribution in [0.2, 0.25) is 0 Å². The van der Waals surface area contributed by atoms with Crippen LogP contribution in [0.15, 0.2) is 42.7 Å². The van der Waals surface area contributed by atoms with Crippen molar-refractivity contribution in [2.24, 2.45) is 0 Å². The molecular weight excluding hydrogens is 280 g/mol. The van der Waals surface area contributed by atoms with Crippen molar-refractivity contribution < 1.29 is 9.90 Å².